The van der Waals surface area contributed by atoms with E-state index in [4.69, 9.17) is 16.6 Å². The maximum atomic E-state index is 14.1. The smallest absolute Gasteiger partial charge is 0.242 e. The van der Waals surface area contributed by atoms with E-state index in [2.05, 4.69) is 55.1 Å². The summed E-state index contributed by atoms with van der Waals surface area (Å²) < 4.78 is 0. The van der Waals surface area contributed by atoms with Crippen LogP contribution in [0.2, 0.25) is 5.02 Å². The third-order valence-corrected chi connectivity index (χ3v) is 12.9. The Kier molecular flexibility index (Phi) is 12.2. The first-order valence-electron chi connectivity index (χ1n) is 20.9. The number of carbonyl (C=O) groups excluding carboxylic acids is 4. The SMILES string of the molecule is CNC(=O)C(CCC=O)Nc1ccc(C2CCN(CC(=O)N3CCC4(CC3)CCN(c3cncc(Nc5ncc(Cl)c(-c6cccc(C7CC7)c6)n5)c3)C4=O)CC2)cc1. The molecule has 59 heavy (non-hydrogen) atoms. The van der Waals surface area contributed by atoms with Gasteiger partial charge in [-0.1, -0.05) is 41.9 Å². The van der Waals surface area contributed by atoms with Crippen LogP contribution in [-0.2, 0) is 19.2 Å². The summed E-state index contributed by atoms with van der Waals surface area (Å²) in [5.41, 5.74) is 5.93. The lowest BCUT2D eigenvalue weighted by molar-refractivity contribution is -0.138. The van der Waals surface area contributed by atoms with Gasteiger partial charge in [0, 0.05) is 44.4 Å². The van der Waals surface area contributed by atoms with Gasteiger partial charge in [0.05, 0.1) is 52.6 Å². The van der Waals surface area contributed by atoms with Crippen molar-refractivity contribution in [2.45, 2.75) is 75.7 Å². The van der Waals surface area contributed by atoms with E-state index >= 15 is 0 Å². The molecule has 1 saturated carbocycles. The molecular formula is C45H52ClN9O4. The number of aromatic nitrogens is 3. The van der Waals surface area contributed by atoms with E-state index in [0.29, 0.717) is 86.1 Å². The molecule has 4 aliphatic rings. The Hall–Kier alpha value is -5.40. The fourth-order valence-electron chi connectivity index (χ4n) is 8.92. The lowest BCUT2D eigenvalue weighted by atomic mass is 9.77. The number of likely N-dealkylation sites (N-methyl/N-ethyl adjacent to an activating group) is 1. The van der Waals surface area contributed by atoms with Crippen molar-refractivity contribution in [3.8, 4) is 11.3 Å². The van der Waals surface area contributed by atoms with Crippen molar-refractivity contribution in [3.63, 3.8) is 0 Å². The number of nitrogens with one attached hydrogen (secondary N) is 3. The second-order valence-corrected chi connectivity index (χ2v) is 16.8. The van der Waals surface area contributed by atoms with E-state index in [1.165, 1.54) is 24.0 Å². The molecule has 3 saturated heterocycles. The van der Waals surface area contributed by atoms with E-state index in [0.717, 1.165) is 55.6 Å². The van der Waals surface area contributed by atoms with Gasteiger partial charge in [0.1, 0.15) is 12.3 Å². The molecule has 5 heterocycles. The molecule has 1 spiro atoms. The fourth-order valence-corrected chi connectivity index (χ4v) is 9.12. The number of benzene rings is 2. The van der Waals surface area contributed by atoms with Gasteiger partial charge in [-0.15, -0.1) is 0 Å². The average Bonchev–Trinajstić information content (AvgIpc) is 4.08. The van der Waals surface area contributed by atoms with E-state index in [9.17, 15) is 19.2 Å². The summed E-state index contributed by atoms with van der Waals surface area (Å²) in [6, 6.07) is 18.0. The minimum absolute atomic E-state index is 0.0965. The lowest BCUT2D eigenvalue weighted by Crippen LogP contribution is -2.49. The molecule has 0 bridgehead atoms. The molecule has 4 aromatic rings. The molecule has 4 fully saturated rings. The van der Waals surface area contributed by atoms with Crippen molar-refractivity contribution in [2.24, 2.45) is 5.41 Å². The van der Waals surface area contributed by atoms with E-state index in [1.807, 2.05) is 40.1 Å². The highest BCUT2D eigenvalue weighted by molar-refractivity contribution is 6.32. The highest BCUT2D eigenvalue weighted by Crippen LogP contribution is 2.44. The number of aldehydes is 1. The van der Waals surface area contributed by atoms with E-state index < -0.39 is 11.5 Å². The summed E-state index contributed by atoms with van der Waals surface area (Å²) >= 11 is 6.56. The van der Waals surface area contributed by atoms with Crippen LogP contribution in [0.4, 0.5) is 23.0 Å². The number of hydrogen-bond acceptors (Lipinski definition) is 10. The van der Waals surface area contributed by atoms with Crippen molar-refractivity contribution in [2.75, 3.05) is 61.8 Å². The van der Waals surface area contributed by atoms with E-state index in [-0.39, 0.29) is 17.7 Å². The Morgan fingerprint density at radius 2 is 1.64 bits per heavy atom. The molecular weight excluding hydrogens is 766 g/mol. The number of nitrogens with zero attached hydrogens (tertiary/aromatic N) is 6. The maximum absolute atomic E-state index is 14.1. The van der Waals surface area contributed by atoms with Gasteiger partial charge >= 0.3 is 0 Å². The summed E-state index contributed by atoms with van der Waals surface area (Å²) in [6.45, 7) is 3.82. The van der Waals surface area contributed by atoms with Gasteiger partial charge in [-0.3, -0.25) is 24.3 Å². The molecule has 13 nitrogen and oxygen atoms in total. The van der Waals surface area contributed by atoms with Gasteiger partial charge in [0.2, 0.25) is 23.7 Å². The summed E-state index contributed by atoms with van der Waals surface area (Å²) in [5, 5.41) is 9.66. The van der Waals surface area contributed by atoms with Crippen LogP contribution >= 0.6 is 11.6 Å². The molecule has 14 heteroatoms. The molecule has 308 valence electrons. The molecule has 8 rings (SSSR count). The number of pyridine rings is 1. The van der Waals surface area contributed by atoms with Gasteiger partial charge in [0.15, 0.2) is 0 Å². The third kappa shape index (κ3) is 9.26. The lowest BCUT2D eigenvalue weighted by Gasteiger charge is -2.39. The topological polar surface area (TPSA) is 153 Å². The number of halogens is 1. The van der Waals surface area contributed by atoms with Crippen LogP contribution in [0, 0.1) is 5.41 Å². The minimum Gasteiger partial charge on any atom is -0.374 e. The van der Waals surface area contributed by atoms with Crippen LogP contribution < -0.4 is 20.9 Å². The highest BCUT2D eigenvalue weighted by Gasteiger charge is 2.49. The van der Waals surface area contributed by atoms with Crippen molar-refractivity contribution < 1.29 is 19.2 Å². The largest absolute Gasteiger partial charge is 0.374 e. The summed E-state index contributed by atoms with van der Waals surface area (Å²) in [7, 11) is 1.59. The van der Waals surface area contributed by atoms with Crippen LogP contribution in [0.5, 0.6) is 0 Å². The Labute approximate surface area is 350 Å². The zero-order chi connectivity index (χ0) is 40.9. The normalized spacial score (nSPS) is 18.8. The van der Waals surface area contributed by atoms with Crippen LogP contribution in [-0.4, -0.2) is 101 Å². The molecule has 0 radical (unpaired) electrons. The number of likely N-dealkylation sites (tertiary alicyclic amines) is 2. The third-order valence-electron chi connectivity index (χ3n) is 12.6. The Morgan fingerprint density at radius 3 is 2.37 bits per heavy atom. The van der Waals surface area contributed by atoms with Gasteiger partial charge in [-0.05, 0) is 112 Å². The zero-order valence-electron chi connectivity index (χ0n) is 33.5. The van der Waals surface area contributed by atoms with Gasteiger partial charge < -0.3 is 30.5 Å². The number of hydrogen-bond donors (Lipinski definition) is 3. The molecule has 1 unspecified atom stereocenters. The van der Waals surface area contributed by atoms with Gasteiger partial charge in [-0.2, -0.15) is 0 Å². The second-order valence-electron chi connectivity index (χ2n) is 16.4. The molecule has 3 N–H and O–H groups in total. The molecule has 1 aliphatic carbocycles. The predicted molar refractivity (Wildman–Crippen MR) is 229 cm³/mol. The quantitative estimate of drug-likeness (QED) is 0.120. The molecule has 1 atom stereocenters. The molecule has 2 aromatic carbocycles. The van der Waals surface area contributed by atoms with E-state index in [1.54, 1.807) is 25.6 Å². The number of piperidine rings is 2. The number of rotatable bonds is 14. The van der Waals surface area contributed by atoms with Crippen LogP contribution in [0.1, 0.15) is 80.8 Å². The van der Waals surface area contributed by atoms with Crippen LogP contribution in [0.25, 0.3) is 11.3 Å². The Balaban J connectivity index is 0.809. The molecule has 3 amide bonds. The van der Waals surface area contributed by atoms with Gasteiger partial charge in [-0.25, -0.2) is 9.97 Å². The Bertz CT molecular complexity index is 2160. The van der Waals surface area contributed by atoms with Crippen molar-refractivity contribution >= 4 is 58.6 Å². The molecule has 3 aliphatic heterocycles. The van der Waals surface area contributed by atoms with Gasteiger partial charge in [0.25, 0.3) is 0 Å². The number of amides is 3. The van der Waals surface area contributed by atoms with Crippen LogP contribution in [0.3, 0.4) is 0 Å². The first-order chi connectivity index (χ1) is 28.7. The van der Waals surface area contributed by atoms with Crippen molar-refractivity contribution in [1.29, 1.82) is 0 Å². The first-order valence-corrected chi connectivity index (χ1v) is 21.3. The number of anilines is 4. The molecule has 2 aromatic heterocycles. The predicted octanol–water partition coefficient (Wildman–Crippen LogP) is 6.54. The first kappa shape index (κ1) is 40.4. The van der Waals surface area contributed by atoms with Crippen molar-refractivity contribution in [1.82, 2.24) is 30.1 Å². The standard InChI is InChI=1S/C45H52ClN9O4/c1-47-42(58)39(6-3-23-56)50-35-11-9-30(10-12-35)32-13-18-53(19-14-32)29-40(57)54-20-15-45(16-21-54)17-22-55(43(45)59)37-25-36(26-48-27-37)51-44-49-28-38(46)41(52-44)34-5-2-4-33(24-34)31-7-8-31/h2,4-5,9-12,23-28,31-32,39,50H,3,6-8,13-22,29H2,1H3,(H,47,58)(H,49,51,52). The highest BCUT2D eigenvalue weighted by atomic mass is 35.5. The maximum Gasteiger partial charge on any atom is 0.242 e. The van der Waals surface area contributed by atoms with Crippen molar-refractivity contribution in [3.05, 3.63) is 89.3 Å². The fraction of sp³-hybridized carbons (Fsp3) is 0.444. The zero-order valence-corrected chi connectivity index (χ0v) is 34.3. The second kappa shape index (κ2) is 17.8. The number of carbonyl (C=O) groups is 4. The van der Waals surface area contributed by atoms with Crippen LogP contribution in [0.15, 0.2) is 73.2 Å². The summed E-state index contributed by atoms with van der Waals surface area (Å²) in [5.74, 6) is 1.49. The Morgan fingerprint density at radius 1 is 0.898 bits per heavy atom. The summed E-state index contributed by atoms with van der Waals surface area (Å²) in [4.78, 5) is 70.3. The average molecular weight is 818 g/mol. The summed E-state index contributed by atoms with van der Waals surface area (Å²) in [6.07, 6.45) is 13.0. The monoisotopic (exact) mass is 817 g/mol. The minimum atomic E-state index is -0.480.